The Kier molecular flexibility index (Phi) is 7.62. The zero-order chi connectivity index (χ0) is 21.8. The Bertz CT molecular complexity index is 731. The molecule has 2 fully saturated rings. The van der Waals surface area contributed by atoms with Crippen LogP contribution in [0.4, 0.5) is 0 Å². The van der Waals surface area contributed by atoms with Gasteiger partial charge in [0.2, 0.25) is 0 Å². The fourth-order valence-electron chi connectivity index (χ4n) is 5.44. The first-order valence-corrected chi connectivity index (χ1v) is 11.6. The number of carbonyl (C=O) groups excluding carboxylic acids is 4. The minimum Gasteiger partial charge on any atom is -0.299 e. The highest BCUT2D eigenvalue weighted by Gasteiger charge is 2.49. The minimum atomic E-state index is -0.917. The molecule has 1 aromatic carbocycles. The van der Waals surface area contributed by atoms with Crippen LogP contribution in [0.5, 0.6) is 0 Å². The van der Waals surface area contributed by atoms with Crippen LogP contribution in [-0.4, -0.2) is 23.1 Å². The second-order valence-corrected chi connectivity index (χ2v) is 9.46. The highest BCUT2D eigenvalue weighted by Crippen LogP contribution is 2.44. The van der Waals surface area contributed by atoms with E-state index in [2.05, 4.69) is 0 Å². The molecule has 0 heterocycles. The largest absolute Gasteiger partial charge is 0.299 e. The lowest BCUT2D eigenvalue weighted by molar-refractivity contribution is -0.143. The van der Waals surface area contributed by atoms with Crippen LogP contribution in [0.3, 0.4) is 0 Å². The lowest BCUT2D eigenvalue weighted by Gasteiger charge is -2.38. The number of ketones is 4. The molecule has 162 valence electrons. The van der Waals surface area contributed by atoms with Crippen molar-refractivity contribution in [3.8, 4) is 0 Å². The standard InChI is InChI=1S/C25H31ClO4/c1-3-5-15-11-19(27)24(20(28)12-15)23(17-7-9-18(26)10-8-17)25-21(29)13-16(6-4-2)14-22(25)30/h7-10,15-16,23-25H,3-6,11-14H2,1-2H3. The van der Waals surface area contributed by atoms with Gasteiger partial charge in [0.15, 0.2) is 0 Å². The van der Waals surface area contributed by atoms with Gasteiger partial charge in [-0.3, -0.25) is 19.2 Å². The van der Waals surface area contributed by atoms with E-state index in [4.69, 9.17) is 11.6 Å². The van der Waals surface area contributed by atoms with Gasteiger partial charge in [-0.1, -0.05) is 50.4 Å². The summed E-state index contributed by atoms with van der Waals surface area (Å²) < 4.78 is 0. The fourth-order valence-corrected chi connectivity index (χ4v) is 5.56. The molecule has 0 aromatic heterocycles. The molecule has 30 heavy (non-hydrogen) atoms. The highest BCUT2D eigenvalue weighted by atomic mass is 35.5. The third-order valence-corrected chi connectivity index (χ3v) is 6.97. The number of benzene rings is 1. The SMILES string of the molecule is CCCC1CC(=O)C(C(c2ccc(Cl)cc2)C2C(=O)CC(CCC)CC2=O)C(=O)C1. The molecule has 5 heteroatoms. The summed E-state index contributed by atoms with van der Waals surface area (Å²) in [6.07, 6.45) is 4.93. The third-order valence-electron chi connectivity index (χ3n) is 6.71. The normalized spacial score (nSPS) is 28.6. The van der Waals surface area contributed by atoms with Gasteiger partial charge in [0.25, 0.3) is 0 Å². The monoisotopic (exact) mass is 430 g/mol. The summed E-state index contributed by atoms with van der Waals surface area (Å²) in [6.45, 7) is 4.09. The molecule has 1 aromatic rings. The molecular weight excluding hydrogens is 400 g/mol. The predicted octanol–water partition coefficient (Wildman–Crippen LogP) is 5.35. The van der Waals surface area contributed by atoms with Gasteiger partial charge < -0.3 is 0 Å². The quantitative estimate of drug-likeness (QED) is 0.546. The summed E-state index contributed by atoms with van der Waals surface area (Å²) in [5.41, 5.74) is 0.681. The molecule has 0 atom stereocenters. The molecule has 0 bridgehead atoms. The molecule has 0 radical (unpaired) electrons. The second kappa shape index (κ2) is 10.00. The fraction of sp³-hybridized carbons (Fsp3) is 0.600. The molecule has 0 saturated heterocycles. The van der Waals surface area contributed by atoms with Gasteiger partial charge in [0.1, 0.15) is 23.1 Å². The molecule has 0 aliphatic heterocycles. The average molecular weight is 431 g/mol. The Morgan fingerprint density at radius 2 is 1.10 bits per heavy atom. The Labute approximate surface area is 183 Å². The van der Waals surface area contributed by atoms with Gasteiger partial charge >= 0.3 is 0 Å². The molecule has 2 aliphatic rings. The maximum atomic E-state index is 13.1. The number of rotatable bonds is 7. The lowest BCUT2D eigenvalue weighted by atomic mass is 9.62. The van der Waals surface area contributed by atoms with Crippen LogP contribution in [0.25, 0.3) is 0 Å². The molecule has 2 saturated carbocycles. The molecule has 4 nitrogen and oxygen atoms in total. The van der Waals surface area contributed by atoms with Crippen LogP contribution in [0.15, 0.2) is 24.3 Å². The van der Waals surface area contributed by atoms with Crippen molar-refractivity contribution < 1.29 is 19.2 Å². The van der Waals surface area contributed by atoms with Crippen molar-refractivity contribution in [2.45, 2.75) is 71.1 Å². The van der Waals surface area contributed by atoms with Crippen LogP contribution in [-0.2, 0) is 19.2 Å². The van der Waals surface area contributed by atoms with E-state index >= 15 is 0 Å². The van der Waals surface area contributed by atoms with Gasteiger partial charge in [-0.15, -0.1) is 0 Å². The summed E-state index contributed by atoms with van der Waals surface area (Å²) in [4.78, 5) is 52.5. The minimum absolute atomic E-state index is 0.0730. The van der Waals surface area contributed by atoms with Crippen molar-refractivity contribution in [3.05, 3.63) is 34.9 Å². The Morgan fingerprint density at radius 3 is 1.43 bits per heavy atom. The van der Waals surface area contributed by atoms with E-state index in [9.17, 15) is 19.2 Å². The van der Waals surface area contributed by atoms with Gasteiger partial charge in [-0.05, 0) is 42.4 Å². The summed E-state index contributed by atoms with van der Waals surface area (Å²) >= 11 is 6.04. The topological polar surface area (TPSA) is 68.3 Å². The van der Waals surface area contributed by atoms with Gasteiger partial charge in [-0.25, -0.2) is 0 Å². The Morgan fingerprint density at radius 1 is 0.733 bits per heavy atom. The van der Waals surface area contributed by atoms with Gasteiger partial charge in [0.05, 0.1) is 11.8 Å². The van der Waals surface area contributed by atoms with E-state index in [1.165, 1.54) is 0 Å². The zero-order valence-corrected chi connectivity index (χ0v) is 18.6. The van der Waals surface area contributed by atoms with E-state index in [1.54, 1.807) is 24.3 Å². The number of carbonyl (C=O) groups is 4. The van der Waals surface area contributed by atoms with E-state index < -0.39 is 17.8 Å². The summed E-state index contributed by atoms with van der Waals surface area (Å²) in [6, 6.07) is 6.90. The van der Waals surface area contributed by atoms with E-state index in [1.807, 2.05) is 13.8 Å². The molecule has 0 unspecified atom stereocenters. The van der Waals surface area contributed by atoms with Crippen LogP contribution >= 0.6 is 11.6 Å². The van der Waals surface area contributed by atoms with Crippen LogP contribution in [0.1, 0.15) is 76.7 Å². The van der Waals surface area contributed by atoms with Crippen LogP contribution in [0, 0.1) is 23.7 Å². The lowest BCUT2D eigenvalue weighted by Crippen LogP contribution is -2.46. The van der Waals surface area contributed by atoms with E-state index in [0.717, 1.165) is 25.7 Å². The third kappa shape index (κ3) is 4.91. The average Bonchev–Trinajstić information content (AvgIpc) is 2.67. The summed E-state index contributed by atoms with van der Waals surface area (Å²) in [5, 5.41) is 0.533. The van der Waals surface area contributed by atoms with Crippen molar-refractivity contribution in [1.82, 2.24) is 0 Å². The molecule has 0 N–H and O–H groups in total. The molecule has 0 amide bonds. The molecular formula is C25H31ClO4. The van der Waals surface area contributed by atoms with Crippen molar-refractivity contribution in [1.29, 1.82) is 0 Å². The van der Waals surface area contributed by atoms with Crippen LogP contribution < -0.4 is 0 Å². The Hall–Kier alpha value is -1.81. The zero-order valence-electron chi connectivity index (χ0n) is 17.9. The van der Waals surface area contributed by atoms with E-state index in [-0.39, 0.29) is 35.0 Å². The maximum absolute atomic E-state index is 13.1. The number of hydrogen-bond acceptors (Lipinski definition) is 4. The highest BCUT2D eigenvalue weighted by molar-refractivity contribution is 6.30. The first-order valence-electron chi connectivity index (χ1n) is 11.2. The molecule has 2 aliphatic carbocycles. The van der Waals surface area contributed by atoms with Gasteiger partial charge in [-0.2, -0.15) is 0 Å². The molecule has 0 spiro atoms. The van der Waals surface area contributed by atoms with Crippen molar-refractivity contribution in [2.75, 3.05) is 0 Å². The van der Waals surface area contributed by atoms with Crippen molar-refractivity contribution in [2.24, 2.45) is 23.7 Å². The number of hydrogen-bond donors (Lipinski definition) is 0. The summed E-state index contributed by atoms with van der Waals surface area (Å²) in [5.74, 6) is -2.90. The number of Topliss-reactive ketones (excluding diaryl/α,β-unsaturated/α-hetero) is 4. The first kappa shape index (κ1) is 22.9. The Balaban J connectivity index is 1.97. The van der Waals surface area contributed by atoms with E-state index in [0.29, 0.717) is 36.3 Å². The van der Waals surface area contributed by atoms with Crippen molar-refractivity contribution in [3.63, 3.8) is 0 Å². The number of halogens is 1. The van der Waals surface area contributed by atoms with Crippen LogP contribution in [0.2, 0.25) is 5.02 Å². The second-order valence-electron chi connectivity index (χ2n) is 9.02. The molecule has 3 rings (SSSR count). The maximum Gasteiger partial charge on any atom is 0.144 e. The predicted molar refractivity (Wildman–Crippen MR) is 116 cm³/mol. The smallest absolute Gasteiger partial charge is 0.144 e. The van der Waals surface area contributed by atoms with Crippen molar-refractivity contribution >= 4 is 34.7 Å². The summed E-state index contributed by atoms with van der Waals surface area (Å²) in [7, 11) is 0. The first-order chi connectivity index (χ1) is 14.3. The van der Waals surface area contributed by atoms with Gasteiger partial charge in [0, 0.05) is 36.6 Å².